The molecular weight excluding hydrogens is 384 g/mol. The van der Waals surface area contributed by atoms with Gasteiger partial charge in [-0.15, -0.1) is 0 Å². The first-order chi connectivity index (χ1) is 13.7. The minimum absolute atomic E-state index is 0.306. The van der Waals surface area contributed by atoms with Gasteiger partial charge in [0.15, 0.2) is 0 Å². The zero-order valence-electron chi connectivity index (χ0n) is 18.6. The first-order valence-corrected chi connectivity index (χ1v) is 9.68. The van der Waals surface area contributed by atoms with Crippen molar-refractivity contribution in [2.75, 3.05) is 0 Å². The summed E-state index contributed by atoms with van der Waals surface area (Å²) in [6, 6.07) is 16.6. The van der Waals surface area contributed by atoms with Crippen molar-refractivity contribution in [3.05, 3.63) is 71.8 Å². The van der Waals surface area contributed by atoms with E-state index in [0.29, 0.717) is 17.5 Å². The number of hydrogen-bond donors (Lipinski definition) is 4. The van der Waals surface area contributed by atoms with E-state index in [1.807, 2.05) is 27.7 Å². The van der Waals surface area contributed by atoms with Gasteiger partial charge in [0, 0.05) is 0 Å². The third-order valence-electron chi connectivity index (χ3n) is 4.81. The molecule has 6 nitrogen and oxygen atoms in total. The Kier molecular flexibility index (Phi) is 10.4. The van der Waals surface area contributed by atoms with Crippen molar-refractivity contribution in [3.63, 3.8) is 0 Å². The second kappa shape index (κ2) is 11.5. The molecule has 1 unspecified atom stereocenters. The Labute approximate surface area is 178 Å². The monoisotopic (exact) mass is 418 g/mol. The molecular formula is C24H34O6. The normalized spacial score (nSPS) is 12.9. The topological polar surface area (TPSA) is 115 Å². The van der Waals surface area contributed by atoms with Gasteiger partial charge in [0.1, 0.15) is 0 Å². The molecule has 2 aromatic carbocycles. The highest BCUT2D eigenvalue weighted by Gasteiger charge is 2.49. The van der Waals surface area contributed by atoms with E-state index in [-0.39, 0.29) is 5.41 Å². The lowest BCUT2D eigenvalue weighted by atomic mass is 9.66. The molecule has 0 fully saturated rings. The zero-order valence-corrected chi connectivity index (χ0v) is 18.6. The van der Waals surface area contributed by atoms with Crippen molar-refractivity contribution in [2.24, 2.45) is 5.41 Å². The standard InChI is InChI=1S/C10H22O2.2C7H6O2/c1-7-10(12,8(2,3)4)9(5,6)11;2*8-7(9)6-4-2-1-3-5-6/h11-12H,7H2,1-6H3;2*1-5H,(H,8,9). The molecule has 2 aromatic rings. The maximum absolute atomic E-state index is 10.2. The summed E-state index contributed by atoms with van der Waals surface area (Å²) >= 11 is 0. The summed E-state index contributed by atoms with van der Waals surface area (Å²) in [6.07, 6.45) is 0.556. The molecule has 0 heterocycles. The lowest BCUT2D eigenvalue weighted by molar-refractivity contribution is -0.188. The molecule has 0 aliphatic heterocycles. The molecule has 0 spiro atoms. The first kappa shape index (κ1) is 27.3. The smallest absolute Gasteiger partial charge is 0.335 e. The molecule has 2 rings (SSSR count). The molecule has 6 heteroatoms. The Morgan fingerprint density at radius 2 is 1.00 bits per heavy atom. The average molecular weight is 419 g/mol. The van der Waals surface area contributed by atoms with Crippen LogP contribution in [-0.4, -0.2) is 43.6 Å². The lowest BCUT2D eigenvalue weighted by Gasteiger charge is -2.47. The summed E-state index contributed by atoms with van der Waals surface area (Å²) in [6.45, 7) is 11.0. The van der Waals surface area contributed by atoms with E-state index >= 15 is 0 Å². The number of carboxylic acids is 2. The van der Waals surface area contributed by atoms with Crippen LogP contribution in [0.25, 0.3) is 0 Å². The molecule has 0 aromatic heterocycles. The molecule has 4 N–H and O–H groups in total. The van der Waals surface area contributed by atoms with Crippen LogP contribution in [0.5, 0.6) is 0 Å². The quantitative estimate of drug-likeness (QED) is 0.571. The third-order valence-corrected chi connectivity index (χ3v) is 4.81. The summed E-state index contributed by atoms with van der Waals surface area (Å²) < 4.78 is 0. The lowest BCUT2D eigenvalue weighted by Crippen LogP contribution is -2.58. The van der Waals surface area contributed by atoms with Gasteiger partial charge >= 0.3 is 11.9 Å². The third kappa shape index (κ3) is 8.35. The predicted octanol–water partition coefficient (Wildman–Crippen LogP) is 4.71. The zero-order chi connectivity index (χ0) is 23.6. The number of aromatic carboxylic acids is 2. The average Bonchev–Trinajstić information content (AvgIpc) is 2.68. The van der Waals surface area contributed by atoms with Crippen LogP contribution in [0, 0.1) is 5.41 Å². The first-order valence-electron chi connectivity index (χ1n) is 9.68. The molecule has 0 bridgehead atoms. The Morgan fingerprint density at radius 3 is 1.10 bits per heavy atom. The van der Waals surface area contributed by atoms with E-state index in [9.17, 15) is 19.8 Å². The van der Waals surface area contributed by atoms with E-state index in [4.69, 9.17) is 10.2 Å². The van der Waals surface area contributed by atoms with Gasteiger partial charge in [-0.05, 0) is 49.9 Å². The fraction of sp³-hybridized carbons (Fsp3) is 0.417. The van der Waals surface area contributed by atoms with Gasteiger partial charge < -0.3 is 20.4 Å². The van der Waals surface area contributed by atoms with Gasteiger partial charge in [-0.1, -0.05) is 64.1 Å². The highest BCUT2D eigenvalue weighted by molar-refractivity contribution is 5.87. The second-order valence-electron chi connectivity index (χ2n) is 8.37. The highest BCUT2D eigenvalue weighted by Crippen LogP contribution is 2.41. The van der Waals surface area contributed by atoms with Crippen molar-refractivity contribution in [1.82, 2.24) is 0 Å². The molecule has 0 aliphatic rings. The molecule has 30 heavy (non-hydrogen) atoms. The van der Waals surface area contributed by atoms with Crippen molar-refractivity contribution in [1.29, 1.82) is 0 Å². The summed E-state index contributed by atoms with van der Waals surface area (Å²) in [7, 11) is 0. The predicted molar refractivity (Wildman–Crippen MR) is 118 cm³/mol. The van der Waals surface area contributed by atoms with Crippen molar-refractivity contribution >= 4 is 11.9 Å². The minimum atomic E-state index is -1.06. The SMILES string of the molecule is CCC(O)(C(C)(C)C)C(C)(C)O.O=C(O)c1ccccc1.O=C(O)c1ccccc1. The van der Waals surface area contributed by atoms with E-state index in [2.05, 4.69) is 0 Å². The minimum Gasteiger partial charge on any atom is -0.478 e. The van der Waals surface area contributed by atoms with E-state index < -0.39 is 23.1 Å². The Bertz CT molecular complexity index is 707. The van der Waals surface area contributed by atoms with Crippen LogP contribution in [0.4, 0.5) is 0 Å². The van der Waals surface area contributed by atoms with Crippen LogP contribution in [0.15, 0.2) is 60.7 Å². The van der Waals surface area contributed by atoms with E-state index in [1.54, 1.807) is 74.5 Å². The van der Waals surface area contributed by atoms with Crippen LogP contribution < -0.4 is 0 Å². The van der Waals surface area contributed by atoms with Crippen molar-refractivity contribution in [2.45, 2.75) is 59.2 Å². The van der Waals surface area contributed by atoms with Crippen LogP contribution >= 0.6 is 0 Å². The molecule has 166 valence electrons. The van der Waals surface area contributed by atoms with Crippen LogP contribution in [0.1, 0.15) is 68.7 Å². The molecule has 0 saturated heterocycles. The van der Waals surface area contributed by atoms with Gasteiger partial charge in [0.25, 0.3) is 0 Å². The number of carbonyl (C=O) groups is 2. The fourth-order valence-electron chi connectivity index (χ4n) is 3.04. The molecule has 0 aliphatic carbocycles. The van der Waals surface area contributed by atoms with Crippen LogP contribution in [-0.2, 0) is 0 Å². The maximum atomic E-state index is 10.2. The maximum Gasteiger partial charge on any atom is 0.335 e. The van der Waals surface area contributed by atoms with E-state index in [0.717, 1.165) is 0 Å². The largest absolute Gasteiger partial charge is 0.478 e. The van der Waals surface area contributed by atoms with Gasteiger partial charge in [0.05, 0.1) is 22.3 Å². The molecule has 1 atom stereocenters. The van der Waals surface area contributed by atoms with Crippen LogP contribution in [0.3, 0.4) is 0 Å². The van der Waals surface area contributed by atoms with E-state index in [1.165, 1.54) is 0 Å². The molecule has 0 saturated carbocycles. The number of rotatable bonds is 4. The number of carboxylic acid groups (broad SMARTS) is 2. The van der Waals surface area contributed by atoms with Crippen molar-refractivity contribution in [3.8, 4) is 0 Å². The molecule has 0 radical (unpaired) electrons. The highest BCUT2D eigenvalue weighted by atomic mass is 16.4. The van der Waals surface area contributed by atoms with Gasteiger partial charge in [-0.3, -0.25) is 0 Å². The summed E-state index contributed by atoms with van der Waals surface area (Å²) in [5, 5.41) is 36.8. The van der Waals surface area contributed by atoms with Gasteiger partial charge in [-0.2, -0.15) is 0 Å². The summed E-state index contributed by atoms with van der Waals surface area (Å²) in [4.78, 5) is 20.4. The Morgan fingerprint density at radius 1 is 0.700 bits per heavy atom. The number of aliphatic hydroxyl groups is 2. The Balaban J connectivity index is 0.000000426. The fourth-order valence-corrected chi connectivity index (χ4v) is 3.04. The second-order valence-corrected chi connectivity index (χ2v) is 8.37. The number of benzene rings is 2. The van der Waals surface area contributed by atoms with Gasteiger partial charge in [0.2, 0.25) is 0 Å². The van der Waals surface area contributed by atoms with Crippen molar-refractivity contribution < 1.29 is 30.0 Å². The summed E-state index contributed by atoms with van der Waals surface area (Å²) in [5.41, 5.74) is -1.73. The number of hydrogen-bond acceptors (Lipinski definition) is 4. The van der Waals surface area contributed by atoms with Crippen LogP contribution in [0.2, 0.25) is 0 Å². The Hall–Kier alpha value is -2.70. The summed E-state index contributed by atoms with van der Waals surface area (Å²) in [5.74, 6) is -1.76. The van der Waals surface area contributed by atoms with Gasteiger partial charge in [-0.25, -0.2) is 9.59 Å². The molecule has 0 amide bonds.